The zero-order chi connectivity index (χ0) is 22.8. The molecule has 4 bridgehead atoms. The van der Waals surface area contributed by atoms with E-state index in [4.69, 9.17) is 4.74 Å². The third kappa shape index (κ3) is 5.63. The standard InChI is InChI=1S/C24H37N7O2/c1-16-9-17(2)27-22(26-16)28-21(25-3-4-31-5-7-33-8-6-31)29-23(32)30-24-13-18-10-19(14-24)12-20(11-18)15-24/h9,18-20H,3-8,10-15H2,1-2H3,(H3,25,26,27,28,29,30,32). The molecule has 0 spiro atoms. The molecule has 1 aromatic rings. The molecule has 1 saturated heterocycles. The lowest BCUT2D eigenvalue weighted by Gasteiger charge is -2.56. The molecule has 1 aromatic heterocycles. The Labute approximate surface area is 196 Å². The highest BCUT2D eigenvalue weighted by Gasteiger charge is 2.51. The van der Waals surface area contributed by atoms with Gasteiger partial charge in [0.15, 0.2) is 0 Å². The number of ether oxygens (including phenoxy) is 1. The van der Waals surface area contributed by atoms with Crippen molar-refractivity contribution in [2.75, 3.05) is 44.7 Å². The number of aromatic nitrogens is 2. The van der Waals surface area contributed by atoms with Crippen molar-refractivity contribution in [1.29, 1.82) is 0 Å². The van der Waals surface area contributed by atoms with E-state index < -0.39 is 0 Å². The van der Waals surface area contributed by atoms with E-state index in [1.54, 1.807) is 0 Å². The van der Waals surface area contributed by atoms with Gasteiger partial charge in [-0.2, -0.15) is 0 Å². The molecule has 0 radical (unpaired) electrons. The van der Waals surface area contributed by atoms with Crippen molar-refractivity contribution in [2.45, 2.75) is 57.9 Å². The average Bonchev–Trinajstić information content (AvgIpc) is 2.72. The van der Waals surface area contributed by atoms with Crippen LogP contribution in [0.1, 0.15) is 49.9 Å². The molecular formula is C24H37N7O2. The fraction of sp³-hybridized carbons (Fsp3) is 0.750. The van der Waals surface area contributed by atoms with Crippen LogP contribution in [0.5, 0.6) is 0 Å². The highest BCUT2D eigenvalue weighted by atomic mass is 16.5. The fourth-order valence-electron chi connectivity index (χ4n) is 6.77. The Morgan fingerprint density at radius 1 is 1.09 bits per heavy atom. The molecule has 33 heavy (non-hydrogen) atoms. The number of nitrogens with zero attached hydrogens (tertiary/aromatic N) is 4. The number of hydrogen-bond acceptors (Lipinski definition) is 6. The quantitative estimate of drug-likeness (QED) is 0.466. The van der Waals surface area contributed by atoms with Gasteiger partial charge in [-0.15, -0.1) is 0 Å². The van der Waals surface area contributed by atoms with Gasteiger partial charge in [0.1, 0.15) is 0 Å². The molecule has 0 aromatic carbocycles. The Morgan fingerprint density at radius 2 is 1.70 bits per heavy atom. The highest BCUT2D eigenvalue weighted by molar-refractivity contribution is 6.03. The summed E-state index contributed by atoms with van der Waals surface area (Å²) in [5, 5.41) is 9.50. The molecule has 9 nitrogen and oxygen atoms in total. The molecule has 5 aliphatic rings. The van der Waals surface area contributed by atoms with Crippen LogP contribution >= 0.6 is 0 Å². The van der Waals surface area contributed by atoms with E-state index in [2.05, 4.69) is 35.8 Å². The Kier molecular flexibility index (Phi) is 6.51. The minimum Gasteiger partial charge on any atom is -0.379 e. The third-order valence-electron chi connectivity index (χ3n) is 7.65. The topological polar surface area (TPSA) is 104 Å². The van der Waals surface area contributed by atoms with Gasteiger partial charge in [0.25, 0.3) is 0 Å². The maximum Gasteiger partial charge on any atom is 0.321 e. The summed E-state index contributed by atoms with van der Waals surface area (Å²) in [4.78, 5) is 29.0. The molecule has 0 unspecified atom stereocenters. The van der Waals surface area contributed by atoms with Gasteiger partial charge >= 0.3 is 6.03 Å². The van der Waals surface area contributed by atoms with Crippen LogP contribution in [0.2, 0.25) is 0 Å². The summed E-state index contributed by atoms with van der Waals surface area (Å²) in [5.74, 6) is 3.18. The van der Waals surface area contributed by atoms with Crippen molar-refractivity contribution >= 4 is 17.9 Å². The minimum absolute atomic E-state index is 0.0475. The summed E-state index contributed by atoms with van der Waals surface area (Å²) in [5.41, 5.74) is 1.69. The number of aliphatic imine (C=N–C) groups is 1. The van der Waals surface area contributed by atoms with Crippen LogP contribution in [0.15, 0.2) is 11.1 Å². The van der Waals surface area contributed by atoms with Crippen molar-refractivity contribution < 1.29 is 9.53 Å². The summed E-state index contributed by atoms with van der Waals surface area (Å²) in [6, 6.07) is 1.74. The molecule has 3 N–H and O–H groups in total. The van der Waals surface area contributed by atoms with Crippen LogP contribution in [0.3, 0.4) is 0 Å². The van der Waals surface area contributed by atoms with Crippen LogP contribution in [-0.2, 0) is 4.74 Å². The van der Waals surface area contributed by atoms with Crippen molar-refractivity contribution in [3.05, 3.63) is 17.5 Å². The van der Waals surface area contributed by atoms with Gasteiger partial charge in [0.2, 0.25) is 11.9 Å². The SMILES string of the molecule is Cc1cc(C)nc(NC(=NCCN2CCOCC2)NC(=O)NC23CC4CC(CC(C4)C2)C3)n1. The van der Waals surface area contributed by atoms with Crippen molar-refractivity contribution in [1.82, 2.24) is 25.5 Å². The number of nitrogens with one attached hydrogen (secondary N) is 3. The lowest BCUT2D eigenvalue weighted by atomic mass is 9.53. The van der Waals surface area contributed by atoms with Gasteiger partial charge in [-0.05, 0) is 76.2 Å². The normalized spacial score (nSPS) is 31.5. The van der Waals surface area contributed by atoms with E-state index in [1.807, 2.05) is 19.9 Å². The average molecular weight is 456 g/mol. The van der Waals surface area contributed by atoms with Crippen molar-refractivity contribution in [3.63, 3.8) is 0 Å². The molecule has 0 atom stereocenters. The van der Waals surface area contributed by atoms with Crippen LogP contribution in [0, 0.1) is 31.6 Å². The number of urea groups is 1. The number of rotatable bonds is 5. The van der Waals surface area contributed by atoms with Crippen LogP contribution in [0.4, 0.5) is 10.7 Å². The number of guanidine groups is 1. The van der Waals surface area contributed by atoms with Gasteiger partial charge in [-0.3, -0.25) is 20.5 Å². The predicted molar refractivity (Wildman–Crippen MR) is 127 cm³/mol. The molecule has 4 aliphatic carbocycles. The summed E-state index contributed by atoms with van der Waals surface area (Å²) >= 11 is 0. The third-order valence-corrected chi connectivity index (χ3v) is 7.65. The first-order valence-electron chi connectivity index (χ1n) is 12.5. The maximum atomic E-state index is 13.1. The van der Waals surface area contributed by atoms with E-state index >= 15 is 0 Å². The summed E-state index contributed by atoms with van der Waals surface area (Å²) in [7, 11) is 0. The van der Waals surface area contributed by atoms with Gasteiger partial charge in [0.05, 0.1) is 19.8 Å². The molecule has 6 rings (SSSR count). The molecular weight excluding hydrogens is 418 g/mol. The molecule has 5 fully saturated rings. The zero-order valence-electron chi connectivity index (χ0n) is 19.9. The number of anilines is 1. The number of amides is 2. The molecule has 9 heteroatoms. The first-order valence-corrected chi connectivity index (χ1v) is 12.5. The predicted octanol–water partition coefficient (Wildman–Crippen LogP) is 2.46. The lowest BCUT2D eigenvalue weighted by molar-refractivity contribution is -0.0132. The monoisotopic (exact) mass is 455 g/mol. The second-order valence-corrected chi connectivity index (χ2v) is 10.6. The Hall–Kier alpha value is -2.26. The fourth-order valence-corrected chi connectivity index (χ4v) is 6.77. The van der Waals surface area contributed by atoms with E-state index in [0.717, 1.165) is 81.3 Å². The molecule has 4 saturated carbocycles. The minimum atomic E-state index is -0.182. The largest absolute Gasteiger partial charge is 0.379 e. The van der Waals surface area contributed by atoms with E-state index in [9.17, 15) is 4.79 Å². The molecule has 1 aliphatic heterocycles. The number of morpholine rings is 1. The van der Waals surface area contributed by atoms with E-state index in [0.29, 0.717) is 18.5 Å². The van der Waals surface area contributed by atoms with Gasteiger partial charge in [-0.1, -0.05) is 0 Å². The Bertz CT molecular complexity index is 841. The van der Waals surface area contributed by atoms with Crippen LogP contribution < -0.4 is 16.0 Å². The van der Waals surface area contributed by atoms with E-state index in [-0.39, 0.29) is 11.6 Å². The second-order valence-electron chi connectivity index (χ2n) is 10.6. The van der Waals surface area contributed by atoms with Gasteiger partial charge in [-0.25, -0.2) is 14.8 Å². The van der Waals surface area contributed by atoms with Crippen molar-refractivity contribution in [3.8, 4) is 0 Å². The maximum absolute atomic E-state index is 13.1. The first-order chi connectivity index (χ1) is 15.9. The molecule has 180 valence electrons. The van der Waals surface area contributed by atoms with Crippen LogP contribution in [-0.4, -0.2) is 71.8 Å². The van der Waals surface area contributed by atoms with E-state index in [1.165, 1.54) is 19.3 Å². The number of carbonyl (C=O) groups excluding carboxylic acids is 1. The number of hydrogen-bond donors (Lipinski definition) is 3. The second kappa shape index (κ2) is 9.54. The zero-order valence-corrected chi connectivity index (χ0v) is 19.9. The lowest BCUT2D eigenvalue weighted by Crippen LogP contribution is -2.62. The van der Waals surface area contributed by atoms with Gasteiger partial charge < -0.3 is 10.1 Å². The summed E-state index contributed by atoms with van der Waals surface area (Å²) in [6.07, 6.45) is 7.39. The van der Waals surface area contributed by atoms with Crippen molar-refractivity contribution in [2.24, 2.45) is 22.7 Å². The van der Waals surface area contributed by atoms with Crippen LogP contribution in [0.25, 0.3) is 0 Å². The molecule has 2 heterocycles. The summed E-state index contributed by atoms with van der Waals surface area (Å²) in [6.45, 7) is 8.61. The number of aryl methyl sites for hydroxylation is 2. The number of carbonyl (C=O) groups is 1. The Morgan fingerprint density at radius 3 is 2.30 bits per heavy atom. The highest BCUT2D eigenvalue weighted by Crippen LogP contribution is 2.55. The van der Waals surface area contributed by atoms with Gasteiger partial charge in [0, 0.05) is 36.6 Å². The smallest absolute Gasteiger partial charge is 0.321 e. The molecule has 2 amide bonds. The summed E-state index contributed by atoms with van der Waals surface area (Å²) < 4.78 is 5.42. The Balaban J connectivity index is 1.25. The first kappa shape index (κ1) is 22.5.